The maximum Gasteiger partial charge on any atom is 0.407 e. The Hall–Kier alpha value is -3.95. The van der Waals surface area contributed by atoms with E-state index >= 15 is 0 Å². The minimum Gasteiger partial charge on any atom is -0.463 e. The average molecular weight is 424 g/mol. The second-order valence-corrected chi connectivity index (χ2v) is 6.50. The van der Waals surface area contributed by atoms with Crippen LogP contribution in [-0.2, 0) is 17.9 Å². The molecule has 3 rings (SSSR count). The number of alkyl carbamates (subject to hydrolysis) is 1. The molecule has 0 saturated heterocycles. The van der Waals surface area contributed by atoms with Gasteiger partial charge in [-0.05, 0) is 36.8 Å². The third kappa shape index (κ3) is 6.26. The molecule has 10 nitrogen and oxygen atoms in total. The summed E-state index contributed by atoms with van der Waals surface area (Å²) < 4.78 is 10.5. The fourth-order valence-corrected chi connectivity index (χ4v) is 2.61. The van der Waals surface area contributed by atoms with E-state index in [0.29, 0.717) is 35.3 Å². The number of hydrogen-bond donors (Lipinski definition) is 3. The summed E-state index contributed by atoms with van der Waals surface area (Å²) in [7, 11) is 1.67. The number of aromatic nitrogens is 3. The van der Waals surface area contributed by atoms with Crippen LogP contribution in [0.5, 0.6) is 0 Å². The Bertz CT molecular complexity index is 1020. The summed E-state index contributed by atoms with van der Waals surface area (Å²) in [6, 6.07) is 10.4. The van der Waals surface area contributed by atoms with E-state index in [1.807, 2.05) is 6.92 Å². The van der Waals surface area contributed by atoms with Crippen molar-refractivity contribution in [2.75, 3.05) is 18.9 Å². The van der Waals surface area contributed by atoms with E-state index in [1.165, 1.54) is 6.26 Å². The van der Waals surface area contributed by atoms with Crippen LogP contribution in [0.1, 0.15) is 35.2 Å². The van der Waals surface area contributed by atoms with E-state index < -0.39 is 6.09 Å². The van der Waals surface area contributed by atoms with Crippen molar-refractivity contribution in [3.63, 3.8) is 0 Å². The number of pyridine rings is 1. The molecule has 162 valence electrons. The summed E-state index contributed by atoms with van der Waals surface area (Å²) in [6.45, 7) is 2.74. The molecule has 0 radical (unpaired) electrons. The van der Waals surface area contributed by atoms with Crippen LogP contribution in [0.4, 0.5) is 10.7 Å². The molecule has 3 aromatic rings. The molecule has 10 heteroatoms. The summed E-state index contributed by atoms with van der Waals surface area (Å²) >= 11 is 0. The van der Waals surface area contributed by atoms with Crippen LogP contribution < -0.4 is 16.0 Å². The van der Waals surface area contributed by atoms with Crippen molar-refractivity contribution in [3.05, 3.63) is 59.7 Å². The average Bonchev–Trinajstić information content (AvgIpc) is 3.35. The Labute approximate surface area is 179 Å². The van der Waals surface area contributed by atoms with Gasteiger partial charge in [0.25, 0.3) is 5.91 Å². The smallest absolute Gasteiger partial charge is 0.407 e. The molecule has 3 aromatic heterocycles. The molecule has 0 saturated carbocycles. The summed E-state index contributed by atoms with van der Waals surface area (Å²) in [5.74, 6) is 0.456. The SMILES string of the molecule is CCCNC(=O)OCc1cccc(CNC(=O)c2cc(-c3ccco3)nc(NC)n2)n1. The number of ether oxygens (including phenoxy) is 1. The lowest BCUT2D eigenvalue weighted by atomic mass is 10.2. The summed E-state index contributed by atoms with van der Waals surface area (Å²) in [4.78, 5) is 37.1. The maximum absolute atomic E-state index is 12.6. The third-order valence-corrected chi connectivity index (χ3v) is 4.12. The molecule has 0 fully saturated rings. The van der Waals surface area contributed by atoms with Crippen LogP contribution >= 0.6 is 0 Å². The van der Waals surface area contributed by atoms with Crippen LogP contribution in [0.2, 0.25) is 0 Å². The van der Waals surface area contributed by atoms with Gasteiger partial charge in [-0.2, -0.15) is 0 Å². The van der Waals surface area contributed by atoms with Gasteiger partial charge in [0.15, 0.2) is 5.76 Å². The molecule has 0 aliphatic heterocycles. The highest BCUT2D eigenvalue weighted by atomic mass is 16.5. The van der Waals surface area contributed by atoms with Gasteiger partial charge in [0, 0.05) is 13.6 Å². The quantitative estimate of drug-likeness (QED) is 0.478. The van der Waals surface area contributed by atoms with Gasteiger partial charge in [0.2, 0.25) is 5.95 Å². The largest absolute Gasteiger partial charge is 0.463 e. The van der Waals surface area contributed by atoms with Crippen molar-refractivity contribution in [1.29, 1.82) is 0 Å². The van der Waals surface area contributed by atoms with E-state index in [2.05, 4.69) is 30.9 Å². The zero-order chi connectivity index (χ0) is 22.1. The summed E-state index contributed by atoms with van der Waals surface area (Å²) in [5, 5.41) is 8.26. The monoisotopic (exact) mass is 424 g/mol. The molecule has 0 aromatic carbocycles. The van der Waals surface area contributed by atoms with Crippen molar-refractivity contribution in [1.82, 2.24) is 25.6 Å². The van der Waals surface area contributed by atoms with Gasteiger partial charge in [0.1, 0.15) is 18.0 Å². The Morgan fingerprint density at radius 1 is 1.06 bits per heavy atom. The van der Waals surface area contributed by atoms with Crippen LogP contribution in [0, 0.1) is 0 Å². The molecule has 0 aliphatic carbocycles. The summed E-state index contributed by atoms with van der Waals surface area (Å²) in [6.07, 6.45) is 1.87. The van der Waals surface area contributed by atoms with E-state index in [0.717, 1.165) is 6.42 Å². The highest BCUT2D eigenvalue weighted by molar-refractivity contribution is 5.93. The molecule has 3 heterocycles. The standard InChI is InChI=1S/C21H24N6O4/c1-3-9-23-21(29)31-13-15-7-4-6-14(25-15)12-24-19(28)17-11-16(18-8-5-10-30-18)26-20(22-2)27-17/h4-8,10-11H,3,9,12-13H2,1-2H3,(H,23,29)(H,24,28)(H,22,26,27). The molecule has 0 aliphatic rings. The fraction of sp³-hybridized carbons (Fsp3) is 0.286. The van der Waals surface area contributed by atoms with Crippen molar-refractivity contribution in [2.45, 2.75) is 26.5 Å². The zero-order valence-electron chi connectivity index (χ0n) is 17.3. The van der Waals surface area contributed by atoms with E-state index in [9.17, 15) is 9.59 Å². The Morgan fingerprint density at radius 2 is 1.90 bits per heavy atom. The highest BCUT2D eigenvalue weighted by Gasteiger charge is 2.14. The van der Waals surface area contributed by atoms with Gasteiger partial charge < -0.3 is 25.1 Å². The molecule has 3 N–H and O–H groups in total. The predicted octanol–water partition coefficient (Wildman–Crippen LogP) is 2.74. The van der Waals surface area contributed by atoms with Crippen molar-refractivity contribution in [2.24, 2.45) is 0 Å². The topological polar surface area (TPSA) is 131 Å². The van der Waals surface area contributed by atoms with Gasteiger partial charge in [-0.3, -0.25) is 9.78 Å². The van der Waals surface area contributed by atoms with Gasteiger partial charge in [-0.15, -0.1) is 0 Å². The van der Waals surface area contributed by atoms with Gasteiger partial charge in [0.05, 0.1) is 24.2 Å². The number of hydrogen-bond acceptors (Lipinski definition) is 8. The van der Waals surface area contributed by atoms with Crippen LogP contribution in [0.3, 0.4) is 0 Å². The Balaban J connectivity index is 1.62. The van der Waals surface area contributed by atoms with E-state index in [4.69, 9.17) is 9.15 Å². The lowest BCUT2D eigenvalue weighted by molar-refractivity contribution is 0.0945. The fourth-order valence-electron chi connectivity index (χ4n) is 2.61. The van der Waals surface area contributed by atoms with Crippen LogP contribution in [-0.4, -0.2) is 40.5 Å². The van der Waals surface area contributed by atoms with Crippen molar-refractivity contribution in [3.8, 4) is 11.5 Å². The first-order valence-corrected chi connectivity index (χ1v) is 9.83. The second kappa shape index (κ2) is 10.7. The Morgan fingerprint density at radius 3 is 2.65 bits per heavy atom. The van der Waals surface area contributed by atoms with Crippen LogP contribution in [0.15, 0.2) is 47.1 Å². The molecule has 0 bridgehead atoms. The molecule has 0 atom stereocenters. The first-order chi connectivity index (χ1) is 15.1. The maximum atomic E-state index is 12.6. The van der Waals surface area contributed by atoms with Crippen LogP contribution in [0.25, 0.3) is 11.5 Å². The minimum absolute atomic E-state index is 0.0429. The van der Waals surface area contributed by atoms with Crippen molar-refractivity contribution >= 4 is 17.9 Å². The van der Waals surface area contributed by atoms with Crippen molar-refractivity contribution < 1.29 is 18.7 Å². The number of amides is 2. The molecular formula is C21H24N6O4. The number of rotatable bonds is 9. The number of carbonyl (C=O) groups excluding carboxylic acids is 2. The lowest BCUT2D eigenvalue weighted by Crippen LogP contribution is -2.26. The minimum atomic E-state index is -0.487. The molecule has 0 spiro atoms. The van der Waals surface area contributed by atoms with E-state index in [-0.39, 0.29) is 24.8 Å². The molecular weight excluding hydrogens is 400 g/mol. The van der Waals surface area contributed by atoms with Gasteiger partial charge in [-0.25, -0.2) is 14.8 Å². The second-order valence-electron chi connectivity index (χ2n) is 6.50. The molecule has 31 heavy (non-hydrogen) atoms. The Kier molecular flexibility index (Phi) is 7.52. The predicted molar refractivity (Wildman–Crippen MR) is 113 cm³/mol. The van der Waals surface area contributed by atoms with Gasteiger partial charge >= 0.3 is 6.09 Å². The summed E-state index contributed by atoms with van der Waals surface area (Å²) in [5.41, 5.74) is 1.89. The zero-order valence-corrected chi connectivity index (χ0v) is 17.3. The highest BCUT2D eigenvalue weighted by Crippen LogP contribution is 2.19. The first kappa shape index (κ1) is 21.8. The molecule has 2 amide bonds. The number of anilines is 1. The number of carbonyl (C=O) groups is 2. The van der Waals surface area contributed by atoms with Gasteiger partial charge in [-0.1, -0.05) is 13.0 Å². The normalized spacial score (nSPS) is 10.4. The first-order valence-electron chi connectivity index (χ1n) is 9.83. The third-order valence-electron chi connectivity index (χ3n) is 4.12. The number of furan rings is 1. The molecule has 0 unspecified atom stereocenters. The van der Waals surface area contributed by atoms with E-state index in [1.54, 1.807) is 43.4 Å². The lowest BCUT2D eigenvalue weighted by Gasteiger charge is -2.09. The number of nitrogens with one attached hydrogen (secondary N) is 3. The number of nitrogens with zero attached hydrogens (tertiary/aromatic N) is 3.